The minimum Gasteiger partial charge on any atom is -0.491 e. The molecule has 0 aliphatic rings. The van der Waals surface area contributed by atoms with Gasteiger partial charge in [-0.1, -0.05) is 0 Å². The highest BCUT2D eigenvalue weighted by Gasteiger charge is 2.17. The average molecular weight is 406 g/mol. The van der Waals surface area contributed by atoms with E-state index in [1.807, 2.05) is 13.8 Å². The van der Waals surface area contributed by atoms with E-state index in [0.717, 1.165) is 12.8 Å². The summed E-state index contributed by atoms with van der Waals surface area (Å²) >= 11 is 6.52. The molecular formula is C13H14Br2N2O3. The molecule has 0 atom stereocenters. The largest absolute Gasteiger partial charge is 0.491 e. The van der Waals surface area contributed by atoms with Crippen LogP contribution in [0.25, 0.3) is 0 Å². The summed E-state index contributed by atoms with van der Waals surface area (Å²) in [5.41, 5.74) is -0.380. The van der Waals surface area contributed by atoms with E-state index in [0.29, 0.717) is 21.3 Å². The highest BCUT2D eigenvalue weighted by atomic mass is 79.9. The summed E-state index contributed by atoms with van der Waals surface area (Å²) in [5, 5.41) is 19.6. The summed E-state index contributed by atoms with van der Waals surface area (Å²) in [4.78, 5) is 10.2. The van der Waals surface area contributed by atoms with Crippen molar-refractivity contribution < 1.29 is 9.66 Å². The zero-order valence-corrected chi connectivity index (χ0v) is 14.3. The molecule has 0 radical (unpaired) electrons. The summed E-state index contributed by atoms with van der Waals surface area (Å²) in [6.45, 7) is 4.20. The Morgan fingerprint density at radius 1 is 1.40 bits per heavy atom. The zero-order valence-electron chi connectivity index (χ0n) is 11.2. The maximum Gasteiger partial charge on any atom is 0.271 e. The van der Waals surface area contributed by atoms with Crippen LogP contribution in [-0.4, -0.2) is 11.5 Å². The molecule has 0 aliphatic carbocycles. The number of halogens is 2. The van der Waals surface area contributed by atoms with E-state index in [1.165, 1.54) is 12.1 Å². The highest BCUT2D eigenvalue weighted by Crippen LogP contribution is 2.37. The van der Waals surface area contributed by atoms with E-state index >= 15 is 0 Å². The molecule has 0 aliphatic heterocycles. The van der Waals surface area contributed by atoms with Gasteiger partial charge in [-0.3, -0.25) is 10.1 Å². The summed E-state index contributed by atoms with van der Waals surface area (Å²) in [6, 6.07) is 5.04. The van der Waals surface area contributed by atoms with Gasteiger partial charge in [-0.2, -0.15) is 5.26 Å². The van der Waals surface area contributed by atoms with Crippen LogP contribution in [0.5, 0.6) is 5.75 Å². The van der Waals surface area contributed by atoms with Crippen LogP contribution in [0.3, 0.4) is 0 Å². The molecule has 0 N–H and O–H groups in total. The third kappa shape index (κ3) is 4.76. The Hall–Kier alpha value is -1.13. The number of nitriles is 1. The van der Waals surface area contributed by atoms with Crippen LogP contribution < -0.4 is 4.74 Å². The number of nitro benzene ring substituents is 1. The van der Waals surface area contributed by atoms with Crippen molar-refractivity contribution >= 4 is 37.5 Å². The Morgan fingerprint density at radius 2 is 1.95 bits per heavy atom. The Balaban J connectivity index is 2.66. The van der Waals surface area contributed by atoms with Crippen LogP contribution in [0.4, 0.5) is 5.69 Å². The molecule has 7 heteroatoms. The van der Waals surface area contributed by atoms with Crippen LogP contribution in [0, 0.1) is 26.9 Å². The fraction of sp³-hybridized carbons (Fsp3) is 0.462. The van der Waals surface area contributed by atoms with Gasteiger partial charge in [0.25, 0.3) is 5.69 Å². The summed E-state index contributed by atoms with van der Waals surface area (Å²) in [5.74, 6) is 0.533. The molecule has 0 unspecified atom stereocenters. The number of nitrogens with zero attached hydrogens (tertiary/aromatic N) is 2. The van der Waals surface area contributed by atoms with Crippen LogP contribution in [0.1, 0.15) is 26.7 Å². The van der Waals surface area contributed by atoms with Gasteiger partial charge in [0.2, 0.25) is 0 Å². The van der Waals surface area contributed by atoms with Crippen molar-refractivity contribution in [1.82, 2.24) is 0 Å². The molecule has 0 spiro atoms. The molecule has 0 bridgehead atoms. The normalized spacial score (nSPS) is 10.9. The monoisotopic (exact) mass is 404 g/mol. The number of nitro groups is 1. The molecule has 1 aromatic carbocycles. The van der Waals surface area contributed by atoms with Gasteiger partial charge >= 0.3 is 0 Å². The van der Waals surface area contributed by atoms with Crippen molar-refractivity contribution in [3.05, 3.63) is 31.2 Å². The molecule has 20 heavy (non-hydrogen) atoms. The Bertz CT molecular complexity index is 530. The van der Waals surface area contributed by atoms with E-state index in [2.05, 4.69) is 37.9 Å². The number of hydrogen-bond acceptors (Lipinski definition) is 4. The Labute approximate surface area is 134 Å². The fourth-order valence-electron chi connectivity index (χ4n) is 1.53. The second-order valence-electron chi connectivity index (χ2n) is 4.94. The lowest BCUT2D eigenvalue weighted by molar-refractivity contribution is -0.385. The highest BCUT2D eigenvalue weighted by molar-refractivity contribution is 9.11. The molecule has 1 aromatic rings. The average Bonchev–Trinajstić information content (AvgIpc) is 2.36. The molecule has 0 saturated carbocycles. The van der Waals surface area contributed by atoms with Crippen molar-refractivity contribution in [3.63, 3.8) is 0 Å². The molecule has 108 valence electrons. The quantitative estimate of drug-likeness (QED) is 0.385. The SMILES string of the molecule is CC(C)(C#N)CCCOc1c(Br)cc([N+](=O)[O-])cc1Br. The minimum atomic E-state index is -0.464. The fourth-order valence-corrected chi connectivity index (χ4v) is 2.93. The molecular weight excluding hydrogens is 392 g/mol. The zero-order chi connectivity index (χ0) is 15.3. The van der Waals surface area contributed by atoms with Gasteiger partial charge in [-0.05, 0) is 58.5 Å². The van der Waals surface area contributed by atoms with E-state index in [-0.39, 0.29) is 11.1 Å². The Morgan fingerprint density at radius 3 is 2.40 bits per heavy atom. The van der Waals surface area contributed by atoms with Gasteiger partial charge in [-0.15, -0.1) is 0 Å². The number of rotatable bonds is 6. The van der Waals surface area contributed by atoms with Crippen molar-refractivity contribution in [2.24, 2.45) is 5.41 Å². The predicted octanol–water partition coefficient (Wildman–Crippen LogP) is 4.83. The molecule has 0 amide bonds. The summed E-state index contributed by atoms with van der Waals surface area (Å²) in [7, 11) is 0. The van der Waals surface area contributed by atoms with Crippen LogP contribution >= 0.6 is 31.9 Å². The third-order valence-corrected chi connectivity index (χ3v) is 3.87. The number of non-ortho nitro benzene ring substituents is 1. The maximum absolute atomic E-state index is 10.7. The van der Waals surface area contributed by atoms with Gasteiger partial charge < -0.3 is 4.74 Å². The predicted molar refractivity (Wildman–Crippen MR) is 82.6 cm³/mol. The van der Waals surface area contributed by atoms with Gasteiger partial charge in [0.1, 0.15) is 5.75 Å². The lowest BCUT2D eigenvalue weighted by Gasteiger charge is -2.15. The van der Waals surface area contributed by atoms with E-state index in [9.17, 15) is 10.1 Å². The molecule has 0 fully saturated rings. The lowest BCUT2D eigenvalue weighted by Crippen LogP contribution is -2.10. The van der Waals surface area contributed by atoms with Crippen LogP contribution in [-0.2, 0) is 0 Å². The first kappa shape index (κ1) is 16.9. The number of hydrogen-bond donors (Lipinski definition) is 0. The van der Waals surface area contributed by atoms with Crippen molar-refractivity contribution in [3.8, 4) is 11.8 Å². The first-order valence-corrected chi connectivity index (χ1v) is 7.53. The first-order chi connectivity index (χ1) is 9.26. The van der Waals surface area contributed by atoms with Gasteiger partial charge in [0.15, 0.2) is 0 Å². The van der Waals surface area contributed by atoms with Crippen molar-refractivity contribution in [2.75, 3.05) is 6.61 Å². The second kappa shape index (κ2) is 7.04. The number of ether oxygens (including phenoxy) is 1. The van der Waals surface area contributed by atoms with E-state index < -0.39 is 4.92 Å². The van der Waals surface area contributed by atoms with E-state index in [4.69, 9.17) is 10.00 Å². The minimum absolute atomic E-state index is 0.0123. The Kier molecular flexibility index (Phi) is 5.96. The van der Waals surface area contributed by atoms with Gasteiger partial charge in [-0.25, -0.2) is 0 Å². The third-order valence-electron chi connectivity index (χ3n) is 2.69. The summed E-state index contributed by atoms with van der Waals surface area (Å²) < 4.78 is 6.67. The molecule has 5 nitrogen and oxygen atoms in total. The van der Waals surface area contributed by atoms with E-state index in [1.54, 1.807) is 0 Å². The van der Waals surface area contributed by atoms with Gasteiger partial charge in [0.05, 0.1) is 32.0 Å². The van der Waals surface area contributed by atoms with Crippen LogP contribution in [0.2, 0.25) is 0 Å². The molecule has 0 saturated heterocycles. The van der Waals surface area contributed by atoms with Crippen molar-refractivity contribution in [1.29, 1.82) is 5.26 Å². The van der Waals surface area contributed by atoms with Gasteiger partial charge in [0, 0.05) is 12.1 Å². The molecule has 0 heterocycles. The first-order valence-electron chi connectivity index (χ1n) is 5.94. The maximum atomic E-state index is 10.7. The van der Waals surface area contributed by atoms with Crippen LogP contribution in [0.15, 0.2) is 21.1 Å². The number of benzene rings is 1. The molecule has 0 aromatic heterocycles. The second-order valence-corrected chi connectivity index (χ2v) is 6.65. The lowest BCUT2D eigenvalue weighted by atomic mass is 9.90. The smallest absolute Gasteiger partial charge is 0.271 e. The van der Waals surface area contributed by atoms with Crippen molar-refractivity contribution in [2.45, 2.75) is 26.7 Å². The summed E-state index contributed by atoms with van der Waals surface area (Å²) in [6.07, 6.45) is 1.46. The molecule has 1 rings (SSSR count). The topological polar surface area (TPSA) is 76.2 Å². The standard InChI is InChI=1S/C13H14Br2N2O3/c1-13(2,8-16)4-3-5-20-12-10(14)6-9(17(18)19)7-11(12)15/h6-7H,3-5H2,1-2H3.